The molecule has 2 nitrogen and oxygen atoms in total. The Kier molecular flexibility index (Phi) is 4.19. The molecule has 0 aliphatic carbocycles. The number of rotatable bonds is 4. The summed E-state index contributed by atoms with van der Waals surface area (Å²) in [6, 6.07) is 7.69. The zero-order valence-electron chi connectivity index (χ0n) is 10.2. The van der Waals surface area contributed by atoms with E-state index in [9.17, 15) is 4.79 Å². The SMILES string of the molecule is COc1ccc(CC(=O)c2sccc2C)cc1Br. The van der Waals surface area contributed by atoms with Crippen molar-refractivity contribution in [1.82, 2.24) is 0 Å². The predicted molar refractivity (Wildman–Crippen MR) is 77.8 cm³/mol. The van der Waals surface area contributed by atoms with Crippen LogP contribution in [0.5, 0.6) is 5.75 Å². The Morgan fingerprint density at radius 3 is 2.72 bits per heavy atom. The second-order valence-electron chi connectivity index (χ2n) is 4.00. The highest BCUT2D eigenvalue weighted by atomic mass is 79.9. The fourth-order valence-electron chi connectivity index (χ4n) is 1.74. The molecule has 0 atom stereocenters. The highest BCUT2D eigenvalue weighted by molar-refractivity contribution is 9.10. The van der Waals surface area contributed by atoms with Crippen LogP contribution in [0.3, 0.4) is 0 Å². The van der Waals surface area contributed by atoms with E-state index in [4.69, 9.17) is 4.74 Å². The van der Waals surface area contributed by atoms with Gasteiger partial charge < -0.3 is 4.74 Å². The van der Waals surface area contributed by atoms with Gasteiger partial charge in [-0.2, -0.15) is 0 Å². The molecule has 0 amide bonds. The van der Waals surface area contributed by atoms with Gasteiger partial charge in [0.1, 0.15) is 5.75 Å². The smallest absolute Gasteiger partial charge is 0.177 e. The summed E-state index contributed by atoms with van der Waals surface area (Å²) in [7, 11) is 1.62. The van der Waals surface area contributed by atoms with Gasteiger partial charge in [-0.25, -0.2) is 0 Å². The third kappa shape index (κ3) is 2.82. The van der Waals surface area contributed by atoms with Gasteiger partial charge in [0.25, 0.3) is 0 Å². The highest BCUT2D eigenvalue weighted by Crippen LogP contribution is 2.26. The predicted octanol–water partition coefficient (Wildman–Crippen LogP) is 4.25. The first-order valence-electron chi connectivity index (χ1n) is 5.51. The Balaban J connectivity index is 2.17. The number of benzene rings is 1. The van der Waals surface area contributed by atoms with Gasteiger partial charge in [0.15, 0.2) is 5.78 Å². The Labute approximate surface area is 119 Å². The van der Waals surface area contributed by atoms with Gasteiger partial charge in [-0.1, -0.05) is 6.07 Å². The number of ketones is 1. The summed E-state index contributed by atoms with van der Waals surface area (Å²) in [6.07, 6.45) is 0.421. The summed E-state index contributed by atoms with van der Waals surface area (Å²) in [5.41, 5.74) is 2.04. The van der Waals surface area contributed by atoms with Crippen LogP contribution in [0.1, 0.15) is 20.8 Å². The van der Waals surface area contributed by atoms with Crippen LogP contribution in [0.2, 0.25) is 0 Å². The minimum Gasteiger partial charge on any atom is -0.496 e. The third-order valence-electron chi connectivity index (χ3n) is 2.70. The van der Waals surface area contributed by atoms with Crippen LogP contribution in [0.4, 0.5) is 0 Å². The lowest BCUT2D eigenvalue weighted by molar-refractivity contribution is 0.0996. The average molecular weight is 325 g/mol. The number of halogens is 1. The van der Waals surface area contributed by atoms with Gasteiger partial charge in [0.05, 0.1) is 16.5 Å². The Hall–Kier alpha value is -1.13. The van der Waals surface area contributed by atoms with Crippen molar-refractivity contribution in [1.29, 1.82) is 0 Å². The lowest BCUT2D eigenvalue weighted by Crippen LogP contribution is -2.03. The molecule has 0 fully saturated rings. The molecule has 0 spiro atoms. The molecule has 2 aromatic rings. The minimum absolute atomic E-state index is 0.166. The fraction of sp³-hybridized carbons (Fsp3) is 0.214. The van der Waals surface area contributed by atoms with E-state index in [2.05, 4.69) is 15.9 Å². The van der Waals surface area contributed by atoms with Gasteiger partial charge in [0.2, 0.25) is 0 Å². The minimum atomic E-state index is 0.166. The molecule has 0 saturated carbocycles. The molecular formula is C14H13BrO2S. The fourth-order valence-corrected chi connectivity index (χ4v) is 3.20. The average Bonchev–Trinajstić information content (AvgIpc) is 2.76. The zero-order chi connectivity index (χ0) is 13.1. The molecule has 0 radical (unpaired) electrons. The van der Waals surface area contributed by atoms with E-state index in [0.717, 1.165) is 26.2 Å². The lowest BCUT2D eigenvalue weighted by atomic mass is 10.1. The Morgan fingerprint density at radius 1 is 1.39 bits per heavy atom. The summed E-state index contributed by atoms with van der Waals surface area (Å²) in [6.45, 7) is 1.97. The summed E-state index contributed by atoms with van der Waals surface area (Å²) in [5, 5.41) is 1.95. The third-order valence-corrected chi connectivity index (χ3v) is 4.37. The lowest BCUT2D eigenvalue weighted by Gasteiger charge is -2.06. The number of aryl methyl sites for hydroxylation is 1. The number of hydrogen-bond acceptors (Lipinski definition) is 3. The van der Waals surface area contributed by atoms with Crippen LogP contribution in [0.25, 0.3) is 0 Å². The van der Waals surface area contributed by atoms with Crippen molar-refractivity contribution in [3.05, 3.63) is 50.1 Å². The standard InChI is InChI=1S/C14H13BrO2S/c1-9-5-6-18-14(9)12(16)8-10-3-4-13(17-2)11(15)7-10/h3-7H,8H2,1-2H3. The first-order valence-corrected chi connectivity index (χ1v) is 7.19. The van der Waals surface area contributed by atoms with E-state index in [-0.39, 0.29) is 5.78 Å². The van der Waals surface area contributed by atoms with E-state index in [1.54, 1.807) is 7.11 Å². The second-order valence-corrected chi connectivity index (χ2v) is 5.77. The molecule has 2 rings (SSSR count). The number of Topliss-reactive ketones (excluding diaryl/α,β-unsaturated/α-hetero) is 1. The molecule has 1 heterocycles. The van der Waals surface area contributed by atoms with Gasteiger partial charge >= 0.3 is 0 Å². The van der Waals surface area contributed by atoms with Crippen molar-refractivity contribution in [2.75, 3.05) is 7.11 Å². The molecule has 0 bridgehead atoms. The number of carbonyl (C=O) groups excluding carboxylic acids is 1. The number of carbonyl (C=O) groups is 1. The first-order chi connectivity index (χ1) is 8.61. The summed E-state index contributed by atoms with van der Waals surface area (Å²) >= 11 is 4.93. The summed E-state index contributed by atoms with van der Waals surface area (Å²) < 4.78 is 6.04. The van der Waals surface area contributed by atoms with Gasteiger partial charge in [-0.05, 0) is 57.6 Å². The maximum absolute atomic E-state index is 12.1. The van der Waals surface area contributed by atoms with Crippen molar-refractivity contribution in [2.24, 2.45) is 0 Å². The molecule has 94 valence electrons. The van der Waals surface area contributed by atoms with Crippen LogP contribution < -0.4 is 4.74 Å². The van der Waals surface area contributed by atoms with Crippen molar-refractivity contribution in [2.45, 2.75) is 13.3 Å². The molecule has 1 aromatic carbocycles. The molecule has 0 aliphatic heterocycles. The second kappa shape index (κ2) is 5.67. The first kappa shape index (κ1) is 13.3. The van der Waals surface area contributed by atoms with Crippen molar-refractivity contribution < 1.29 is 9.53 Å². The van der Waals surface area contributed by atoms with Gasteiger partial charge in [-0.3, -0.25) is 4.79 Å². The maximum atomic E-state index is 12.1. The molecule has 0 N–H and O–H groups in total. The quantitative estimate of drug-likeness (QED) is 0.786. The van der Waals surface area contributed by atoms with Crippen molar-refractivity contribution in [3.63, 3.8) is 0 Å². The highest BCUT2D eigenvalue weighted by Gasteiger charge is 2.12. The number of hydrogen-bond donors (Lipinski definition) is 0. The Morgan fingerprint density at radius 2 is 2.17 bits per heavy atom. The molecule has 1 aromatic heterocycles. The van der Waals surface area contributed by atoms with E-state index < -0.39 is 0 Å². The Bertz CT molecular complexity index is 575. The van der Waals surface area contributed by atoms with Crippen molar-refractivity contribution >= 4 is 33.0 Å². The molecule has 18 heavy (non-hydrogen) atoms. The number of methoxy groups -OCH3 is 1. The number of thiophene rings is 1. The van der Waals surface area contributed by atoms with Crippen molar-refractivity contribution in [3.8, 4) is 5.75 Å². The molecule has 0 saturated heterocycles. The largest absolute Gasteiger partial charge is 0.496 e. The molecule has 0 aliphatic rings. The maximum Gasteiger partial charge on any atom is 0.177 e. The summed E-state index contributed by atoms with van der Waals surface area (Å²) in [5.74, 6) is 0.943. The molecular weight excluding hydrogens is 312 g/mol. The monoisotopic (exact) mass is 324 g/mol. The van der Waals surface area contributed by atoms with Crippen LogP contribution >= 0.6 is 27.3 Å². The van der Waals surface area contributed by atoms with E-state index >= 15 is 0 Å². The number of ether oxygens (including phenoxy) is 1. The molecule has 4 heteroatoms. The van der Waals surface area contributed by atoms with Gasteiger partial charge in [-0.15, -0.1) is 11.3 Å². The molecule has 0 unspecified atom stereocenters. The van der Waals surface area contributed by atoms with E-state index in [1.807, 2.05) is 36.6 Å². The van der Waals surface area contributed by atoms with Crippen LogP contribution in [0.15, 0.2) is 34.1 Å². The van der Waals surface area contributed by atoms with Crippen LogP contribution in [-0.4, -0.2) is 12.9 Å². The van der Waals surface area contributed by atoms with Crippen LogP contribution in [-0.2, 0) is 6.42 Å². The zero-order valence-corrected chi connectivity index (χ0v) is 12.6. The normalized spacial score (nSPS) is 10.4. The topological polar surface area (TPSA) is 26.3 Å². The van der Waals surface area contributed by atoms with Gasteiger partial charge in [0, 0.05) is 6.42 Å². The summed E-state index contributed by atoms with van der Waals surface area (Å²) in [4.78, 5) is 13.0. The van der Waals surface area contributed by atoms with Crippen LogP contribution in [0, 0.1) is 6.92 Å². The van der Waals surface area contributed by atoms with E-state index in [1.165, 1.54) is 11.3 Å². The van der Waals surface area contributed by atoms with E-state index in [0.29, 0.717) is 6.42 Å².